The quantitative estimate of drug-likeness (QED) is 0.436. The molecule has 33 heavy (non-hydrogen) atoms. The molecule has 1 aliphatic rings. The molecule has 1 saturated carbocycles. The first kappa shape index (κ1) is 25.7. The highest BCUT2D eigenvalue weighted by molar-refractivity contribution is 6.42. The summed E-state index contributed by atoms with van der Waals surface area (Å²) >= 11 is 18.3. The van der Waals surface area contributed by atoms with Gasteiger partial charge in [-0.2, -0.15) is 0 Å². The lowest BCUT2D eigenvalue weighted by Crippen LogP contribution is -2.52. The zero-order chi connectivity index (χ0) is 24.0. The fourth-order valence-corrected chi connectivity index (χ4v) is 4.49. The Labute approximate surface area is 210 Å². The number of rotatable bonds is 9. The number of halogens is 3. The van der Waals surface area contributed by atoms with Crippen molar-refractivity contribution < 1.29 is 14.3 Å². The zero-order valence-corrected chi connectivity index (χ0v) is 21.1. The van der Waals surface area contributed by atoms with Gasteiger partial charge in [-0.05, 0) is 67.6 Å². The third-order valence-electron chi connectivity index (χ3n) is 5.92. The van der Waals surface area contributed by atoms with Crippen molar-refractivity contribution in [1.29, 1.82) is 0 Å². The van der Waals surface area contributed by atoms with E-state index in [0.29, 0.717) is 27.2 Å². The van der Waals surface area contributed by atoms with Crippen LogP contribution in [0.15, 0.2) is 36.4 Å². The van der Waals surface area contributed by atoms with Crippen molar-refractivity contribution in [2.75, 3.05) is 6.61 Å². The molecule has 8 heteroatoms. The molecule has 5 nitrogen and oxygen atoms in total. The van der Waals surface area contributed by atoms with Crippen LogP contribution in [0.5, 0.6) is 5.75 Å². The highest BCUT2D eigenvalue weighted by atomic mass is 35.5. The Bertz CT molecular complexity index is 993. The summed E-state index contributed by atoms with van der Waals surface area (Å²) in [7, 11) is 0. The summed E-state index contributed by atoms with van der Waals surface area (Å²) < 4.78 is 5.74. The van der Waals surface area contributed by atoms with Gasteiger partial charge in [0.25, 0.3) is 5.91 Å². The maximum absolute atomic E-state index is 13.3. The maximum atomic E-state index is 13.3. The topological polar surface area (TPSA) is 58.6 Å². The Balaban J connectivity index is 1.78. The number of benzene rings is 2. The van der Waals surface area contributed by atoms with Crippen LogP contribution in [-0.4, -0.2) is 35.4 Å². The van der Waals surface area contributed by atoms with Crippen molar-refractivity contribution in [1.82, 2.24) is 10.2 Å². The van der Waals surface area contributed by atoms with E-state index < -0.39 is 6.04 Å². The summed E-state index contributed by atoms with van der Waals surface area (Å²) in [4.78, 5) is 28.0. The molecule has 0 unspecified atom stereocenters. The van der Waals surface area contributed by atoms with Crippen molar-refractivity contribution in [2.45, 2.75) is 64.6 Å². The number of aryl methyl sites for hydroxylation is 1. The summed E-state index contributed by atoms with van der Waals surface area (Å²) in [6, 6.07) is 9.99. The Morgan fingerprint density at radius 3 is 2.39 bits per heavy atom. The van der Waals surface area contributed by atoms with Crippen molar-refractivity contribution in [3.63, 3.8) is 0 Å². The predicted octanol–water partition coefficient (Wildman–Crippen LogP) is 6.20. The summed E-state index contributed by atoms with van der Waals surface area (Å²) in [5.74, 6) is 0.116. The SMILES string of the molecule is CC[C@@H](C(=O)NC1CCCC1)N(Cc1ccc(Cl)c(Cl)c1)C(=O)COc1ccc(Cl)c(C)c1. The highest BCUT2D eigenvalue weighted by Gasteiger charge is 2.31. The van der Waals surface area contributed by atoms with Gasteiger partial charge in [0.1, 0.15) is 11.8 Å². The molecule has 0 aromatic heterocycles. The maximum Gasteiger partial charge on any atom is 0.261 e. The van der Waals surface area contributed by atoms with Crippen molar-refractivity contribution in [2.24, 2.45) is 0 Å². The standard InChI is InChI=1S/C25H29Cl3N2O3/c1-3-23(25(32)29-18-6-4-5-7-18)30(14-17-8-10-21(27)22(28)13-17)24(31)15-33-19-9-11-20(26)16(2)12-19/h8-13,18,23H,3-7,14-15H2,1-2H3,(H,29,32)/t23-/m0/s1. The molecule has 1 atom stereocenters. The lowest BCUT2D eigenvalue weighted by molar-refractivity contribution is -0.143. The van der Waals surface area contributed by atoms with Crippen molar-refractivity contribution in [3.8, 4) is 5.75 Å². The van der Waals surface area contributed by atoms with Gasteiger partial charge >= 0.3 is 0 Å². The number of hydrogen-bond acceptors (Lipinski definition) is 3. The second kappa shape index (κ2) is 12.0. The molecule has 0 aliphatic heterocycles. The number of hydrogen-bond donors (Lipinski definition) is 1. The van der Waals surface area contributed by atoms with Crippen LogP contribution in [-0.2, 0) is 16.1 Å². The molecule has 0 spiro atoms. The molecule has 2 aromatic carbocycles. The minimum Gasteiger partial charge on any atom is -0.484 e. The summed E-state index contributed by atoms with van der Waals surface area (Å²) in [6.07, 6.45) is 4.65. The van der Waals surface area contributed by atoms with Crippen molar-refractivity contribution in [3.05, 3.63) is 62.6 Å². The van der Waals surface area contributed by atoms with E-state index >= 15 is 0 Å². The molecule has 0 bridgehead atoms. The second-order valence-electron chi connectivity index (χ2n) is 8.38. The van der Waals surface area contributed by atoms with Crippen LogP contribution in [0, 0.1) is 6.92 Å². The van der Waals surface area contributed by atoms with E-state index in [-0.39, 0.29) is 31.0 Å². The largest absolute Gasteiger partial charge is 0.484 e. The number of nitrogens with zero attached hydrogens (tertiary/aromatic N) is 1. The van der Waals surface area contributed by atoms with Gasteiger partial charge in [0.2, 0.25) is 5.91 Å². The van der Waals surface area contributed by atoms with Gasteiger partial charge in [0.15, 0.2) is 6.61 Å². The van der Waals surface area contributed by atoms with Crippen LogP contribution in [0.1, 0.15) is 50.2 Å². The highest BCUT2D eigenvalue weighted by Crippen LogP contribution is 2.25. The summed E-state index contributed by atoms with van der Waals surface area (Å²) in [6.45, 7) is 3.79. The van der Waals surface area contributed by atoms with E-state index in [1.807, 2.05) is 13.8 Å². The van der Waals surface area contributed by atoms with E-state index in [9.17, 15) is 9.59 Å². The molecule has 178 valence electrons. The smallest absolute Gasteiger partial charge is 0.261 e. The average Bonchev–Trinajstić information content (AvgIpc) is 3.29. The monoisotopic (exact) mass is 510 g/mol. The molecule has 0 radical (unpaired) electrons. The van der Waals surface area contributed by atoms with Gasteiger partial charge in [-0.1, -0.05) is 60.6 Å². The van der Waals surface area contributed by atoms with Gasteiger partial charge in [-0.3, -0.25) is 9.59 Å². The Hall–Kier alpha value is -1.95. The van der Waals surface area contributed by atoms with Gasteiger partial charge in [-0.15, -0.1) is 0 Å². The molecule has 2 aromatic rings. The Morgan fingerprint density at radius 1 is 1.06 bits per heavy atom. The number of carbonyl (C=O) groups is 2. The van der Waals surface area contributed by atoms with Gasteiger partial charge < -0.3 is 15.0 Å². The van der Waals surface area contributed by atoms with E-state index in [4.69, 9.17) is 39.5 Å². The number of nitrogens with one attached hydrogen (secondary N) is 1. The molecule has 1 aliphatic carbocycles. The molecular formula is C25H29Cl3N2O3. The number of ether oxygens (including phenoxy) is 1. The lowest BCUT2D eigenvalue weighted by atomic mass is 10.1. The molecule has 0 saturated heterocycles. The van der Waals surface area contributed by atoms with Gasteiger partial charge in [0, 0.05) is 17.6 Å². The van der Waals surface area contributed by atoms with E-state index in [2.05, 4.69) is 5.32 Å². The number of amides is 2. The second-order valence-corrected chi connectivity index (χ2v) is 9.61. The minimum absolute atomic E-state index is 0.139. The fraction of sp³-hybridized carbons (Fsp3) is 0.440. The van der Waals surface area contributed by atoms with Gasteiger partial charge in [0.05, 0.1) is 10.0 Å². The summed E-state index contributed by atoms with van der Waals surface area (Å²) in [5.41, 5.74) is 1.64. The zero-order valence-electron chi connectivity index (χ0n) is 18.9. The molecule has 1 N–H and O–H groups in total. The van der Waals surface area contributed by atoms with Gasteiger partial charge in [-0.25, -0.2) is 0 Å². The van der Waals surface area contributed by atoms with Crippen LogP contribution in [0.25, 0.3) is 0 Å². The van der Waals surface area contributed by atoms with Crippen LogP contribution >= 0.6 is 34.8 Å². The first-order valence-corrected chi connectivity index (χ1v) is 12.3. The van der Waals surface area contributed by atoms with Crippen molar-refractivity contribution >= 4 is 46.6 Å². The molecule has 3 rings (SSSR count). The molecule has 2 amide bonds. The molecule has 0 heterocycles. The summed E-state index contributed by atoms with van der Waals surface area (Å²) in [5, 5.41) is 4.59. The third kappa shape index (κ3) is 7.02. The average molecular weight is 512 g/mol. The Kier molecular flexibility index (Phi) is 9.30. The van der Waals surface area contributed by atoms with Crippen LogP contribution < -0.4 is 10.1 Å². The van der Waals surface area contributed by atoms with E-state index in [0.717, 1.165) is 36.8 Å². The molecule has 1 fully saturated rings. The minimum atomic E-state index is -0.622. The first-order chi connectivity index (χ1) is 15.8. The van der Waals surface area contributed by atoms with Crippen LogP contribution in [0.4, 0.5) is 0 Å². The van der Waals surface area contributed by atoms with Crippen LogP contribution in [0.2, 0.25) is 15.1 Å². The number of carbonyl (C=O) groups excluding carboxylic acids is 2. The van der Waals surface area contributed by atoms with Crippen LogP contribution in [0.3, 0.4) is 0 Å². The fourth-order valence-electron chi connectivity index (χ4n) is 4.06. The van der Waals surface area contributed by atoms with E-state index in [1.165, 1.54) is 0 Å². The lowest BCUT2D eigenvalue weighted by Gasteiger charge is -2.31. The first-order valence-electron chi connectivity index (χ1n) is 11.2. The van der Waals surface area contributed by atoms with E-state index in [1.54, 1.807) is 41.3 Å². The molecular weight excluding hydrogens is 483 g/mol. The third-order valence-corrected chi connectivity index (χ3v) is 7.08. The Morgan fingerprint density at radius 2 is 1.76 bits per heavy atom. The predicted molar refractivity (Wildman–Crippen MR) is 133 cm³/mol. The normalized spacial score (nSPS) is 14.7.